The molecule has 446 valence electrons. The summed E-state index contributed by atoms with van der Waals surface area (Å²) in [5.41, 5.74) is 0. The summed E-state index contributed by atoms with van der Waals surface area (Å²) in [6.07, 6.45) is 79.5. The van der Waals surface area contributed by atoms with Crippen LogP contribution in [0.3, 0.4) is 0 Å². The van der Waals surface area contributed by atoms with Crippen LogP contribution in [0.4, 0.5) is 0 Å². The highest BCUT2D eigenvalue weighted by Crippen LogP contribution is 2.19. The zero-order valence-electron chi connectivity index (χ0n) is 51.1. The predicted molar refractivity (Wildman–Crippen MR) is 329 cm³/mol. The number of amides is 1. The molecule has 0 spiro atoms. The lowest BCUT2D eigenvalue weighted by Crippen LogP contribution is -2.45. The van der Waals surface area contributed by atoms with Crippen LogP contribution < -0.4 is 5.32 Å². The van der Waals surface area contributed by atoms with Gasteiger partial charge in [-0.05, 0) is 51.4 Å². The summed E-state index contributed by atoms with van der Waals surface area (Å²) >= 11 is 0. The molecule has 0 heterocycles. The number of ether oxygens (including phenoxy) is 1. The van der Waals surface area contributed by atoms with Gasteiger partial charge in [-0.25, -0.2) is 0 Å². The van der Waals surface area contributed by atoms with E-state index in [0.717, 1.165) is 44.9 Å². The highest BCUT2D eigenvalue weighted by Gasteiger charge is 2.20. The first kappa shape index (κ1) is 73.6. The fourth-order valence-corrected chi connectivity index (χ4v) is 11.1. The third kappa shape index (κ3) is 61.7. The van der Waals surface area contributed by atoms with Gasteiger partial charge in [-0.3, -0.25) is 9.59 Å². The van der Waals surface area contributed by atoms with Crippen LogP contribution in [-0.2, 0) is 14.3 Å². The second-order valence-corrected chi connectivity index (χ2v) is 23.9. The molecule has 2 atom stereocenters. The third-order valence-electron chi connectivity index (χ3n) is 16.3. The lowest BCUT2D eigenvalue weighted by atomic mass is 10.0. The first-order chi connectivity index (χ1) is 37.0. The molecule has 0 fully saturated rings. The van der Waals surface area contributed by atoms with Gasteiger partial charge >= 0.3 is 5.97 Å². The van der Waals surface area contributed by atoms with E-state index in [1.54, 1.807) is 0 Å². The van der Waals surface area contributed by atoms with Crippen molar-refractivity contribution in [1.82, 2.24) is 5.32 Å². The van der Waals surface area contributed by atoms with E-state index in [-0.39, 0.29) is 18.5 Å². The van der Waals surface area contributed by atoms with E-state index in [0.29, 0.717) is 25.9 Å². The van der Waals surface area contributed by atoms with Crippen LogP contribution in [0.5, 0.6) is 0 Å². The Morgan fingerprint density at radius 1 is 0.360 bits per heavy atom. The van der Waals surface area contributed by atoms with E-state index in [2.05, 4.69) is 31.3 Å². The maximum atomic E-state index is 12.5. The van der Waals surface area contributed by atoms with Crippen molar-refractivity contribution in [2.24, 2.45) is 0 Å². The molecule has 3 N–H and O–H groups in total. The molecule has 0 aromatic heterocycles. The second-order valence-electron chi connectivity index (χ2n) is 23.9. The molecule has 1 amide bonds. The molecular formula is C69H135NO5. The second kappa shape index (κ2) is 65.1. The molecule has 0 aromatic rings. The Balaban J connectivity index is 3.39. The van der Waals surface area contributed by atoms with E-state index in [1.165, 1.54) is 315 Å². The molecule has 0 bridgehead atoms. The van der Waals surface area contributed by atoms with Gasteiger partial charge in [-0.2, -0.15) is 0 Å². The molecule has 6 nitrogen and oxygen atoms in total. The Morgan fingerprint density at radius 3 is 0.947 bits per heavy atom. The van der Waals surface area contributed by atoms with Crippen molar-refractivity contribution >= 4 is 11.9 Å². The fourth-order valence-electron chi connectivity index (χ4n) is 11.1. The monoisotopic (exact) mass is 1060 g/mol. The highest BCUT2D eigenvalue weighted by atomic mass is 16.5. The lowest BCUT2D eigenvalue weighted by molar-refractivity contribution is -0.143. The number of carbonyl (C=O) groups excluding carboxylic acids is 2. The van der Waals surface area contributed by atoms with Crippen LogP contribution in [0.25, 0.3) is 0 Å². The molecular weight excluding hydrogens is 923 g/mol. The van der Waals surface area contributed by atoms with Gasteiger partial charge in [0.2, 0.25) is 5.91 Å². The van der Waals surface area contributed by atoms with Crippen LogP contribution >= 0.6 is 0 Å². The summed E-state index contributed by atoms with van der Waals surface area (Å²) < 4.78 is 5.50. The van der Waals surface area contributed by atoms with E-state index < -0.39 is 12.1 Å². The Hall–Kier alpha value is -1.40. The molecule has 0 saturated carbocycles. The van der Waals surface area contributed by atoms with Crippen molar-refractivity contribution in [2.45, 2.75) is 405 Å². The average Bonchev–Trinajstić information content (AvgIpc) is 3.41. The number of nitrogens with one attached hydrogen (secondary N) is 1. The molecule has 0 aromatic carbocycles. The maximum Gasteiger partial charge on any atom is 0.305 e. The zero-order valence-corrected chi connectivity index (χ0v) is 51.1. The van der Waals surface area contributed by atoms with Gasteiger partial charge in [-0.1, -0.05) is 341 Å². The molecule has 0 aliphatic carbocycles. The van der Waals surface area contributed by atoms with E-state index in [1.807, 2.05) is 0 Å². The number of hydrogen-bond donors (Lipinski definition) is 3. The normalized spacial score (nSPS) is 12.5. The Kier molecular flexibility index (Phi) is 63.9. The Bertz CT molecular complexity index is 1130. The summed E-state index contributed by atoms with van der Waals surface area (Å²) in [6, 6.07) is -0.545. The molecule has 0 aliphatic rings. The van der Waals surface area contributed by atoms with Crippen molar-refractivity contribution < 1.29 is 24.5 Å². The van der Waals surface area contributed by atoms with E-state index in [9.17, 15) is 19.8 Å². The minimum Gasteiger partial charge on any atom is -0.466 e. The van der Waals surface area contributed by atoms with Crippen LogP contribution in [0.15, 0.2) is 12.2 Å². The predicted octanol–water partition coefficient (Wildman–Crippen LogP) is 22.0. The number of unbranched alkanes of at least 4 members (excludes halogenated alkanes) is 52. The van der Waals surface area contributed by atoms with Gasteiger partial charge in [-0.15, -0.1) is 0 Å². The van der Waals surface area contributed by atoms with Gasteiger partial charge < -0.3 is 20.3 Å². The number of aliphatic hydroxyl groups is 2. The van der Waals surface area contributed by atoms with Crippen molar-refractivity contribution in [3.05, 3.63) is 12.2 Å². The number of allylic oxidation sites excluding steroid dienone is 2. The summed E-state index contributed by atoms with van der Waals surface area (Å²) in [7, 11) is 0. The van der Waals surface area contributed by atoms with Crippen LogP contribution in [0.1, 0.15) is 393 Å². The highest BCUT2D eigenvalue weighted by molar-refractivity contribution is 5.76. The van der Waals surface area contributed by atoms with Gasteiger partial charge in [0.15, 0.2) is 0 Å². The summed E-state index contributed by atoms with van der Waals surface area (Å²) in [5.74, 6) is -0.0286. The first-order valence-electron chi connectivity index (χ1n) is 34.4. The molecule has 75 heavy (non-hydrogen) atoms. The van der Waals surface area contributed by atoms with Gasteiger partial charge in [0.1, 0.15) is 0 Å². The van der Waals surface area contributed by atoms with Gasteiger partial charge in [0.25, 0.3) is 0 Å². The van der Waals surface area contributed by atoms with E-state index in [4.69, 9.17) is 4.74 Å². The van der Waals surface area contributed by atoms with Crippen LogP contribution in [0, 0.1) is 0 Å². The summed E-state index contributed by atoms with van der Waals surface area (Å²) in [4.78, 5) is 24.6. The average molecular weight is 1060 g/mol. The maximum absolute atomic E-state index is 12.5. The first-order valence-corrected chi connectivity index (χ1v) is 34.4. The standard InChI is InChI=1S/C69H135NO5/c1-3-5-7-9-11-13-15-17-19-21-22-23-24-25-26-30-33-37-41-45-49-53-57-61-67(72)66(65-71)70-68(73)62-58-54-50-46-42-38-34-31-27-28-32-36-40-44-48-52-56-60-64-75-69(74)63-59-55-51-47-43-39-35-29-20-18-16-14-12-10-8-6-4-2/h18,20,66-67,71-72H,3-17,19,21-65H2,1-2H3,(H,70,73)/b20-18-. The van der Waals surface area contributed by atoms with Crippen molar-refractivity contribution in [3.63, 3.8) is 0 Å². The summed E-state index contributed by atoms with van der Waals surface area (Å²) in [6.45, 7) is 4.98. The number of aliphatic hydroxyl groups excluding tert-OH is 2. The number of rotatable bonds is 65. The summed E-state index contributed by atoms with van der Waals surface area (Å²) in [5, 5.41) is 23.4. The molecule has 0 rings (SSSR count). The van der Waals surface area contributed by atoms with Crippen LogP contribution in [0.2, 0.25) is 0 Å². The SMILES string of the molecule is CCCCCCCC/C=C\CCCCCCCCCC(=O)OCCCCCCCCCCCCCCCCCCCCC(=O)NC(CO)C(O)CCCCCCCCCCCCCCCCCCCCCCCCC. The van der Waals surface area contributed by atoms with Crippen molar-refractivity contribution in [2.75, 3.05) is 13.2 Å². The van der Waals surface area contributed by atoms with E-state index >= 15 is 0 Å². The topological polar surface area (TPSA) is 95.9 Å². The molecule has 2 unspecified atom stereocenters. The Morgan fingerprint density at radius 2 is 0.627 bits per heavy atom. The zero-order chi connectivity index (χ0) is 54.3. The minimum absolute atomic E-state index is 0.00546. The molecule has 6 heteroatoms. The Labute approximate surface area is 469 Å². The lowest BCUT2D eigenvalue weighted by Gasteiger charge is -2.22. The number of hydrogen-bond acceptors (Lipinski definition) is 5. The number of carbonyl (C=O) groups is 2. The van der Waals surface area contributed by atoms with Crippen molar-refractivity contribution in [1.29, 1.82) is 0 Å². The molecule has 0 aliphatic heterocycles. The van der Waals surface area contributed by atoms with Crippen LogP contribution in [-0.4, -0.2) is 47.4 Å². The molecule has 0 radical (unpaired) electrons. The van der Waals surface area contributed by atoms with Gasteiger partial charge in [0, 0.05) is 12.8 Å². The minimum atomic E-state index is -0.668. The van der Waals surface area contributed by atoms with Gasteiger partial charge in [0.05, 0.1) is 25.4 Å². The third-order valence-corrected chi connectivity index (χ3v) is 16.3. The largest absolute Gasteiger partial charge is 0.466 e. The van der Waals surface area contributed by atoms with Crippen molar-refractivity contribution in [3.8, 4) is 0 Å². The smallest absolute Gasteiger partial charge is 0.305 e. The fraction of sp³-hybridized carbons (Fsp3) is 0.942. The number of esters is 1. The molecule has 0 saturated heterocycles. The quantitative estimate of drug-likeness (QED) is 0.0320.